The molecule has 0 aromatic carbocycles. The summed E-state index contributed by atoms with van der Waals surface area (Å²) in [5.41, 5.74) is 4.00. The lowest BCUT2D eigenvalue weighted by atomic mass is 9.97. The first kappa shape index (κ1) is 26.1. The maximum atomic E-state index is 13.1. The molecule has 194 valence electrons. The molecule has 4 N–H and O–H groups in total. The van der Waals surface area contributed by atoms with Gasteiger partial charge in [-0.2, -0.15) is 0 Å². The maximum absolute atomic E-state index is 13.1. The lowest BCUT2D eigenvalue weighted by molar-refractivity contribution is -0.689. The summed E-state index contributed by atoms with van der Waals surface area (Å²) in [7, 11) is 0. The minimum Gasteiger partial charge on any atom is -0.548 e. The lowest BCUT2D eigenvalue weighted by Gasteiger charge is -2.52. The molecule has 13 nitrogen and oxygen atoms in total. The molecule has 0 saturated carbocycles. The van der Waals surface area contributed by atoms with Crippen LogP contribution in [0.15, 0.2) is 52.1 Å². The van der Waals surface area contributed by atoms with Gasteiger partial charge >= 0.3 is 5.97 Å². The minimum atomic E-state index is -1.75. The van der Waals surface area contributed by atoms with Gasteiger partial charge in [0.1, 0.15) is 23.2 Å². The zero-order chi connectivity index (χ0) is 26.9. The van der Waals surface area contributed by atoms with Crippen LogP contribution in [0.4, 0.5) is 5.13 Å². The van der Waals surface area contributed by atoms with Crippen molar-refractivity contribution in [2.24, 2.45) is 5.16 Å². The fourth-order valence-electron chi connectivity index (χ4n) is 3.59. The van der Waals surface area contributed by atoms with Crippen molar-refractivity contribution in [1.29, 1.82) is 0 Å². The number of carbonyl (C=O) groups is 4. The Morgan fingerprint density at radius 3 is 2.62 bits per heavy atom. The van der Waals surface area contributed by atoms with Crippen molar-refractivity contribution in [2.45, 2.75) is 43.5 Å². The fourth-order valence-corrected chi connectivity index (χ4v) is 5.35. The monoisotopic (exact) mass is 546 g/mol. The van der Waals surface area contributed by atoms with E-state index in [0.717, 1.165) is 16.2 Å². The Bertz CT molecular complexity index is 1310. The number of amides is 2. The van der Waals surface area contributed by atoms with E-state index in [0.29, 0.717) is 5.57 Å². The summed E-state index contributed by atoms with van der Waals surface area (Å²) in [6.45, 7) is 2.72. The van der Waals surface area contributed by atoms with E-state index in [4.69, 9.17) is 10.6 Å². The van der Waals surface area contributed by atoms with Gasteiger partial charge in [-0.05, 0) is 19.3 Å². The number of oxime groups is 1. The smallest absolute Gasteiger partial charge is 0.350 e. The van der Waals surface area contributed by atoms with Crippen LogP contribution in [0.2, 0.25) is 0 Å². The number of nitrogen functional groups attached to an aromatic ring is 1. The van der Waals surface area contributed by atoms with Gasteiger partial charge < -0.3 is 35.8 Å². The number of nitrogens with one attached hydrogen (secondary N) is 1. The van der Waals surface area contributed by atoms with Gasteiger partial charge in [-0.1, -0.05) is 11.2 Å². The molecular weight excluding hydrogens is 524 g/mol. The van der Waals surface area contributed by atoms with Crippen LogP contribution in [0.3, 0.4) is 0 Å². The molecule has 0 radical (unpaired) electrons. The van der Waals surface area contributed by atoms with Gasteiger partial charge in [0, 0.05) is 23.1 Å². The van der Waals surface area contributed by atoms with Gasteiger partial charge in [0.25, 0.3) is 5.91 Å². The number of nitrogens with zero attached hydrogens (tertiary/aromatic N) is 4. The van der Waals surface area contributed by atoms with Crippen molar-refractivity contribution in [3.05, 3.63) is 52.6 Å². The number of aromatic nitrogens is 2. The van der Waals surface area contributed by atoms with E-state index in [1.807, 2.05) is 6.07 Å². The van der Waals surface area contributed by atoms with Crippen LogP contribution >= 0.6 is 23.1 Å². The number of aliphatic carboxylic acids is 2. The first-order chi connectivity index (χ1) is 17.5. The number of hydrogen-bond acceptors (Lipinski definition) is 11. The third kappa shape index (κ3) is 5.27. The van der Waals surface area contributed by atoms with Gasteiger partial charge in [0.2, 0.25) is 11.5 Å². The number of β-lactam (4-membered cyclic amide) rings is 1. The number of fused-ring (bicyclic) bond motifs is 1. The van der Waals surface area contributed by atoms with Crippen molar-refractivity contribution in [2.75, 3.05) is 5.73 Å². The summed E-state index contributed by atoms with van der Waals surface area (Å²) in [4.78, 5) is 59.7. The molecule has 2 aromatic rings. The van der Waals surface area contributed by atoms with Crippen LogP contribution < -0.4 is 20.7 Å². The normalized spacial score (nSPS) is 21.4. The highest BCUT2D eigenvalue weighted by atomic mass is 32.2. The van der Waals surface area contributed by atoms with Crippen LogP contribution in [0, 0.1) is 0 Å². The van der Waals surface area contributed by atoms with Crippen LogP contribution in [0.1, 0.15) is 19.5 Å². The predicted octanol–water partition coefficient (Wildman–Crippen LogP) is -1.30. The number of thioether (sulfide) groups is 1. The average Bonchev–Trinajstić information content (AvgIpc) is 3.28. The highest BCUT2D eigenvalue weighted by Crippen LogP contribution is 2.40. The van der Waals surface area contributed by atoms with Crippen LogP contribution in [-0.4, -0.2) is 67.5 Å². The molecule has 2 aromatic heterocycles. The molecule has 2 aliphatic heterocycles. The second-order valence-electron chi connectivity index (χ2n) is 8.60. The maximum Gasteiger partial charge on any atom is 0.350 e. The summed E-state index contributed by atoms with van der Waals surface area (Å²) in [6.07, 6.45) is 3.54. The highest BCUT2D eigenvalue weighted by Gasteiger charge is 2.55. The molecule has 1 saturated heterocycles. The first-order valence-electron chi connectivity index (χ1n) is 10.8. The van der Waals surface area contributed by atoms with Gasteiger partial charge in [-0.3, -0.25) is 9.59 Å². The number of carboxylic acid groups (broad SMARTS) is 2. The number of carboxylic acids is 2. The van der Waals surface area contributed by atoms with Crippen LogP contribution in [0.5, 0.6) is 0 Å². The van der Waals surface area contributed by atoms with Gasteiger partial charge in [-0.15, -0.1) is 23.1 Å². The Morgan fingerprint density at radius 1 is 1.32 bits per heavy atom. The second kappa shape index (κ2) is 10.2. The average molecular weight is 547 g/mol. The topological polar surface area (TPSA) is 191 Å². The number of anilines is 1. The molecule has 4 rings (SSSR count). The third-order valence-electron chi connectivity index (χ3n) is 5.58. The molecule has 4 heterocycles. The van der Waals surface area contributed by atoms with Crippen LogP contribution in [0.25, 0.3) is 0 Å². The standard InChI is InChI=1S/C22H22N6O7S2/c1-22(2,20(33)34)35-26-13(12-10-37-21(23)24-12)16(29)25-14-17(30)28-15(19(31)32)11(9-36-18(14)28)8-27-6-4-3-5-7-27/h3-7,9-10,14-15,18H,8H2,1-2H3,(H4-,23,24,25,29,31,32,33,34)/b26-13-. The zero-order valence-corrected chi connectivity index (χ0v) is 21.2. The number of carbonyl (C=O) groups excluding carboxylic acids is 3. The number of nitrogens with two attached hydrogens (primary N) is 1. The predicted molar refractivity (Wildman–Crippen MR) is 130 cm³/mol. The molecule has 2 aliphatic rings. The SMILES string of the molecule is CC(C)(O/N=C(\C(=O)NC1C(=O)N2C(C(=O)[O-])C(C[n+]3ccccc3)=CSC12)c1csc(N)n1)C(=O)O. The van der Waals surface area contributed by atoms with E-state index < -0.39 is 46.8 Å². The van der Waals surface area contributed by atoms with E-state index in [-0.39, 0.29) is 23.1 Å². The molecule has 0 spiro atoms. The minimum absolute atomic E-state index is 0.0239. The van der Waals surface area contributed by atoms with E-state index in [1.54, 1.807) is 34.5 Å². The Balaban J connectivity index is 1.54. The molecule has 3 atom stereocenters. The van der Waals surface area contributed by atoms with Crippen molar-refractivity contribution >= 4 is 57.7 Å². The molecule has 0 aliphatic carbocycles. The molecule has 1 fully saturated rings. The van der Waals surface area contributed by atoms with Gasteiger partial charge in [-0.25, -0.2) is 14.3 Å². The molecule has 3 unspecified atom stereocenters. The molecule has 2 amide bonds. The molecule has 15 heteroatoms. The number of rotatable bonds is 9. The van der Waals surface area contributed by atoms with Gasteiger partial charge in [0.05, 0.1) is 5.97 Å². The summed E-state index contributed by atoms with van der Waals surface area (Å²) in [6, 6.07) is 3.04. The van der Waals surface area contributed by atoms with Crippen molar-refractivity contribution in [1.82, 2.24) is 15.2 Å². The number of thiazole rings is 1. The van der Waals surface area contributed by atoms with E-state index in [2.05, 4.69) is 15.5 Å². The Kier molecular flexibility index (Phi) is 7.18. The number of pyridine rings is 1. The first-order valence-corrected chi connectivity index (χ1v) is 12.6. The lowest BCUT2D eigenvalue weighted by Crippen LogP contribution is -2.75. The molecule has 0 bridgehead atoms. The quantitative estimate of drug-likeness (QED) is 0.147. The van der Waals surface area contributed by atoms with E-state index >= 15 is 0 Å². The summed E-state index contributed by atoms with van der Waals surface area (Å²) < 4.78 is 1.77. The fraction of sp³-hybridized carbons (Fsp3) is 0.318. The number of hydrogen-bond donors (Lipinski definition) is 3. The van der Waals surface area contributed by atoms with Crippen molar-refractivity contribution in [3.8, 4) is 0 Å². The van der Waals surface area contributed by atoms with Crippen molar-refractivity contribution in [3.63, 3.8) is 0 Å². The van der Waals surface area contributed by atoms with Gasteiger partial charge in [0.15, 0.2) is 29.8 Å². The van der Waals surface area contributed by atoms with Crippen molar-refractivity contribution < 1.29 is 38.8 Å². The largest absolute Gasteiger partial charge is 0.548 e. The molecule has 37 heavy (non-hydrogen) atoms. The summed E-state index contributed by atoms with van der Waals surface area (Å²) >= 11 is 2.21. The van der Waals surface area contributed by atoms with E-state index in [9.17, 15) is 29.4 Å². The second-order valence-corrected chi connectivity index (χ2v) is 10.5. The Labute approximate surface area is 218 Å². The Hall–Kier alpha value is -3.98. The highest BCUT2D eigenvalue weighted by molar-refractivity contribution is 8.02. The zero-order valence-electron chi connectivity index (χ0n) is 19.6. The molecular formula is C22H22N6O7S2. The Morgan fingerprint density at radius 2 is 2.03 bits per heavy atom. The van der Waals surface area contributed by atoms with Crippen LogP contribution in [-0.2, 0) is 30.6 Å². The van der Waals surface area contributed by atoms with E-state index in [1.165, 1.54) is 31.0 Å². The summed E-state index contributed by atoms with van der Waals surface area (Å²) in [5.74, 6) is -4.24. The summed E-state index contributed by atoms with van der Waals surface area (Å²) in [5, 5.41) is 30.0. The third-order valence-corrected chi connectivity index (χ3v) is 7.47.